The monoisotopic (exact) mass is 462 g/mol. The standard InChI is InChI=1S/C22H31ClN2O2.2ClH/c1-4-25(5-2)13-9-12-24-16-19-14-20(23)15-21(26-3)22(19)27-17-18-10-7-6-8-11-18;;/h6-8,10-11,14-15,24H,4-5,9,12-13,16-17H2,1-3H3;2*1H. The average molecular weight is 464 g/mol. The molecule has 0 spiro atoms. The summed E-state index contributed by atoms with van der Waals surface area (Å²) in [5, 5.41) is 4.15. The van der Waals surface area contributed by atoms with E-state index in [0.29, 0.717) is 23.9 Å². The lowest BCUT2D eigenvalue weighted by Crippen LogP contribution is -2.27. The fraction of sp³-hybridized carbons (Fsp3) is 0.455. The number of nitrogens with zero attached hydrogens (tertiary/aromatic N) is 1. The predicted molar refractivity (Wildman–Crippen MR) is 127 cm³/mol. The Bertz CT molecular complexity index is 683. The number of hydrogen-bond acceptors (Lipinski definition) is 4. The van der Waals surface area contributed by atoms with E-state index in [1.807, 2.05) is 36.4 Å². The Morgan fingerprint density at radius 3 is 2.34 bits per heavy atom. The van der Waals surface area contributed by atoms with Crippen LogP contribution in [0.2, 0.25) is 5.02 Å². The van der Waals surface area contributed by atoms with Crippen LogP contribution in [0, 0.1) is 0 Å². The highest BCUT2D eigenvalue weighted by Gasteiger charge is 2.13. The van der Waals surface area contributed by atoms with Crippen molar-refractivity contribution in [3.05, 3.63) is 58.6 Å². The van der Waals surface area contributed by atoms with Crippen molar-refractivity contribution in [1.29, 1.82) is 0 Å². The van der Waals surface area contributed by atoms with Gasteiger partial charge in [0.2, 0.25) is 0 Å². The van der Waals surface area contributed by atoms with Gasteiger partial charge in [-0.25, -0.2) is 0 Å². The summed E-state index contributed by atoms with van der Waals surface area (Å²) < 4.78 is 11.6. The summed E-state index contributed by atoms with van der Waals surface area (Å²) in [5.41, 5.74) is 2.13. The normalized spacial score (nSPS) is 10.2. The second-order valence-corrected chi connectivity index (χ2v) is 6.86. The zero-order chi connectivity index (χ0) is 19.5. The lowest BCUT2D eigenvalue weighted by Gasteiger charge is -2.18. The van der Waals surface area contributed by atoms with E-state index in [-0.39, 0.29) is 24.8 Å². The van der Waals surface area contributed by atoms with Crippen molar-refractivity contribution in [2.24, 2.45) is 0 Å². The summed E-state index contributed by atoms with van der Waals surface area (Å²) >= 11 is 6.27. The quantitative estimate of drug-likeness (QED) is 0.416. The maximum Gasteiger partial charge on any atom is 0.166 e. The molecule has 0 radical (unpaired) electrons. The second-order valence-electron chi connectivity index (χ2n) is 6.43. The lowest BCUT2D eigenvalue weighted by molar-refractivity contribution is 0.280. The molecule has 2 rings (SSSR count). The van der Waals surface area contributed by atoms with Gasteiger partial charge in [-0.15, -0.1) is 24.8 Å². The van der Waals surface area contributed by atoms with Crippen LogP contribution in [0.4, 0.5) is 0 Å². The molecule has 0 amide bonds. The number of halogens is 3. The van der Waals surface area contributed by atoms with Crippen molar-refractivity contribution in [2.75, 3.05) is 33.3 Å². The van der Waals surface area contributed by atoms with E-state index in [9.17, 15) is 0 Å². The van der Waals surface area contributed by atoms with Gasteiger partial charge in [-0.2, -0.15) is 0 Å². The van der Waals surface area contributed by atoms with E-state index in [2.05, 4.69) is 24.1 Å². The zero-order valence-electron chi connectivity index (χ0n) is 17.4. The minimum absolute atomic E-state index is 0. The molecule has 1 N–H and O–H groups in total. The molecule has 0 heterocycles. The molecule has 164 valence electrons. The zero-order valence-corrected chi connectivity index (χ0v) is 19.8. The highest BCUT2D eigenvalue weighted by atomic mass is 35.5. The third-order valence-electron chi connectivity index (χ3n) is 4.58. The van der Waals surface area contributed by atoms with E-state index in [1.54, 1.807) is 13.2 Å². The van der Waals surface area contributed by atoms with Crippen LogP contribution in [0.1, 0.15) is 31.4 Å². The van der Waals surface area contributed by atoms with Gasteiger partial charge in [0.1, 0.15) is 6.61 Å². The number of methoxy groups -OCH3 is 1. The first-order chi connectivity index (χ1) is 13.2. The van der Waals surface area contributed by atoms with Crippen LogP contribution in [0.25, 0.3) is 0 Å². The first-order valence-corrected chi connectivity index (χ1v) is 10.0. The molecule has 0 atom stereocenters. The summed E-state index contributed by atoms with van der Waals surface area (Å²) in [5.74, 6) is 1.42. The van der Waals surface area contributed by atoms with Gasteiger partial charge < -0.3 is 19.7 Å². The van der Waals surface area contributed by atoms with Gasteiger partial charge in [0, 0.05) is 23.2 Å². The Morgan fingerprint density at radius 2 is 1.72 bits per heavy atom. The van der Waals surface area contributed by atoms with Crippen molar-refractivity contribution < 1.29 is 9.47 Å². The van der Waals surface area contributed by atoms with Gasteiger partial charge in [-0.3, -0.25) is 0 Å². The van der Waals surface area contributed by atoms with Gasteiger partial charge in [-0.05, 0) is 44.2 Å². The smallest absolute Gasteiger partial charge is 0.166 e. The molecule has 0 aliphatic rings. The Kier molecular flexibility index (Phi) is 15.0. The fourth-order valence-corrected chi connectivity index (χ4v) is 3.22. The lowest BCUT2D eigenvalue weighted by atomic mass is 10.1. The minimum atomic E-state index is 0. The third kappa shape index (κ3) is 9.45. The Balaban J connectivity index is 0.00000392. The molecule has 0 aliphatic carbocycles. The highest BCUT2D eigenvalue weighted by molar-refractivity contribution is 6.30. The van der Waals surface area contributed by atoms with Gasteiger partial charge in [0.25, 0.3) is 0 Å². The molecule has 2 aromatic carbocycles. The van der Waals surface area contributed by atoms with Crippen molar-refractivity contribution in [2.45, 2.75) is 33.4 Å². The van der Waals surface area contributed by atoms with E-state index >= 15 is 0 Å². The Hall–Kier alpha value is -1.17. The summed E-state index contributed by atoms with van der Waals surface area (Å²) in [6, 6.07) is 13.9. The SMILES string of the molecule is CCN(CC)CCCNCc1cc(Cl)cc(OC)c1OCc1ccccc1.Cl.Cl. The Morgan fingerprint density at radius 1 is 1.03 bits per heavy atom. The van der Waals surface area contributed by atoms with Crippen LogP contribution in [-0.4, -0.2) is 38.2 Å². The van der Waals surface area contributed by atoms with E-state index in [4.69, 9.17) is 21.1 Å². The average Bonchev–Trinajstić information content (AvgIpc) is 2.70. The molecule has 29 heavy (non-hydrogen) atoms. The second kappa shape index (κ2) is 15.6. The molecule has 0 fully saturated rings. The van der Waals surface area contributed by atoms with E-state index in [1.165, 1.54) is 0 Å². The topological polar surface area (TPSA) is 33.7 Å². The molecule has 0 saturated heterocycles. The molecular formula is C22H33Cl3N2O2. The Labute approximate surface area is 192 Å². The maximum absolute atomic E-state index is 6.27. The highest BCUT2D eigenvalue weighted by Crippen LogP contribution is 2.35. The maximum atomic E-state index is 6.27. The van der Waals surface area contributed by atoms with Gasteiger partial charge in [0.05, 0.1) is 7.11 Å². The van der Waals surface area contributed by atoms with Crippen LogP contribution >= 0.6 is 36.4 Å². The first kappa shape index (κ1) is 27.8. The van der Waals surface area contributed by atoms with Crippen LogP contribution < -0.4 is 14.8 Å². The van der Waals surface area contributed by atoms with Crippen LogP contribution in [-0.2, 0) is 13.2 Å². The molecule has 7 heteroatoms. The van der Waals surface area contributed by atoms with Gasteiger partial charge >= 0.3 is 0 Å². The summed E-state index contributed by atoms with van der Waals surface area (Å²) in [6.45, 7) is 9.84. The van der Waals surface area contributed by atoms with Crippen molar-refractivity contribution in [3.8, 4) is 11.5 Å². The molecule has 0 aromatic heterocycles. The van der Waals surface area contributed by atoms with E-state index in [0.717, 1.165) is 49.5 Å². The van der Waals surface area contributed by atoms with Crippen LogP contribution in [0.3, 0.4) is 0 Å². The van der Waals surface area contributed by atoms with Crippen molar-refractivity contribution >= 4 is 36.4 Å². The van der Waals surface area contributed by atoms with Crippen molar-refractivity contribution in [1.82, 2.24) is 10.2 Å². The summed E-state index contributed by atoms with van der Waals surface area (Å²) in [4.78, 5) is 2.43. The van der Waals surface area contributed by atoms with Gasteiger partial charge in [0.15, 0.2) is 11.5 Å². The number of ether oxygens (including phenoxy) is 2. The molecule has 4 nitrogen and oxygen atoms in total. The molecule has 0 aliphatic heterocycles. The van der Waals surface area contributed by atoms with Crippen molar-refractivity contribution in [3.63, 3.8) is 0 Å². The summed E-state index contributed by atoms with van der Waals surface area (Å²) in [7, 11) is 1.64. The van der Waals surface area contributed by atoms with Gasteiger partial charge in [-0.1, -0.05) is 55.8 Å². The van der Waals surface area contributed by atoms with E-state index < -0.39 is 0 Å². The number of benzene rings is 2. The molecule has 0 unspecified atom stereocenters. The first-order valence-electron chi connectivity index (χ1n) is 9.64. The molecule has 0 saturated carbocycles. The van der Waals surface area contributed by atoms with Crippen LogP contribution in [0.15, 0.2) is 42.5 Å². The number of rotatable bonds is 12. The number of hydrogen-bond donors (Lipinski definition) is 1. The molecule has 0 bridgehead atoms. The predicted octanol–water partition coefficient (Wildman–Crippen LogP) is 5.59. The largest absolute Gasteiger partial charge is 0.493 e. The third-order valence-corrected chi connectivity index (χ3v) is 4.80. The molecule has 2 aromatic rings. The minimum Gasteiger partial charge on any atom is -0.493 e. The summed E-state index contributed by atoms with van der Waals surface area (Å²) in [6.07, 6.45) is 1.11. The van der Waals surface area contributed by atoms with Crippen LogP contribution in [0.5, 0.6) is 11.5 Å². The molecular weight excluding hydrogens is 431 g/mol. The fourth-order valence-electron chi connectivity index (χ4n) is 2.99. The number of nitrogens with one attached hydrogen (secondary N) is 1.